The third kappa shape index (κ3) is 4.96. The summed E-state index contributed by atoms with van der Waals surface area (Å²) in [6, 6.07) is 70.7. The summed E-state index contributed by atoms with van der Waals surface area (Å²) in [5, 5.41) is 7.58. The van der Waals surface area contributed by atoms with Crippen LogP contribution in [0.4, 0.5) is 0 Å². The molecule has 9 aromatic carbocycles. The van der Waals surface area contributed by atoms with Crippen LogP contribution in [-0.4, -0.2) is 0 Å². The van der Waals surface area contributed by atoms with E-state index in [1.807, 2.05) is 0 Å². The van der Waals surface area contributed by atoms with Crippen molar-refractivity contribution >= 4 is 32.3 Å². The predicted molar refractivity (Wildman–Crippen MR) is 206 cm³/mol. The van der Waals surface area contributed by atoms with Crippen molar-refractivity contribution in [2.75, 3.05) is 0 Å². The highest BCUT2D eigenvalue weighted by Crippen LogP contribution is 2.41. The van der Waals surface area contributed by atoms with Gasteiger partial charge in [-0.25, -0.2) is 0 Å². The van der Waals surface area contributed by atoms with E-state index in [1.165, 1.54) is 88.0 Å². The summed E-state index contributed by atoms with van der Waals surface area (Å²) >= 11 is 0. The minimum Gasteiger partial charge on any atom is -0.0622 e. The first-order chi connectivity index (χ1) is 23.8. The molecule has 0 aromatic heterocycles. The van der Waals surface area contributed by atoms with Crippen molar-refractivity contribution in [2.24, 2.45) is 0 Å². The van der Waals surface area contributed by atoms with E-state index in [-0.39, 0.29) is 0 Å². The van der Waals surface area contributed by atoms with Crippen molar-refractivity contribution < 1.29 is 0 Å². The summed E-state index contributed by atoms with van der Waals surface area (Å²) in [4.78, 5) is 0. The first-order valence-corrected chi connectivity index (χ1v) is 16.6. The van der Waals surface area contributed by atoms with Gasteiger partial charge < -0.3 is 0 Å². The fourth-order valence-electron chi connectivity index (χ4n) is 7.27. The largest absolute Gasteiger partial charge is 0.0622 e. The molecule has 0 bridgehead atoms. The Kier molecular flexibility index (Phi) is 6.91. The fraction of sp³-hybridized carbons (Fsp3) is 0. The molecule has 0 aliphatic rings. The maximum atomic E-state index is 2.31. The molecular formula is C48H32. The van der Waals surface area contributed by atoms with Gasteiger partial charge in [0.1, 0.15) is 0 Å². The second kappa shape index (κ2) is 11.8. The minimum atomic E-state index is 1.22. The molecule has 0 saturated heterocycles. The van der Waals surface area contributed by atoms with Crippen LogP contribution in [0, 0.1) is 0 Å². The van der Waals surface area contributed by atoms with Gasteiger partial charge >= 0.3 is 0 Å². The molecule has 0 aliphatic heterocycles. The molecule has 9 aromatic rings. The van der Waals surface area contributed by atoms with Gasteiger partial charge in [-0.1, -0.05) is 182 Å². The van der Waals surface area contributed by atoms with Gasteiger partial charge in [-0.05, 0) is 100 Å². The van der Waals surface area contributed by atoms with Crippen LogP contribution in [-0.2, 0) is 0 Å². The van der Waals surface area contributed by atoms with E-state index >= 15 is 0 Å². The maximum Gasteiger partial charge on any atom is -0.00987 e. The second-order valence-corrected chi connectivity index (χ2v) is 12.5. The Bertz CT molecular complexity index is 2580. The van der Waals surface area contributed by atoms with Crippen LogP contribution < -0.4 is 0 Å². The quantitative estimate of drug-likeness (QED) is 0.182. The van der Waals surface area contributed by atoms with Gasteiger partial charge in [0.25, 0.3) is 0 Å². The van der Waals surface area contributed by atoms with Gasteiger partial charge in [0.15, 0.2) is 0 Å². The van der Waals surface area contributed by atoms with Crippen molar-refractivity contribution in [3.8, 4) is 55.6 Å². The lowest BCUT2D eigenvalue weighted by Crippen LogP contribution is -1.89. The van der Waals surface area contributed by atoms with Crippen molar-refractivity contribution in [1.29, 1.82) is 0 Å². The first kappa shape index (κ1) is 28.0. The van der Waals surface area contributed by atoms with Gasteiger partial charge in [0.05, 0.1) is 0 Å². The molecule has 224 valence electrons. The van der Waals surface area contributed by atoms with Crippen LogP contribution >= 0.6 is 0 Å². The zero-order valence-corrected chi connectivity index (χ0v) is 26.5. The highest BCUT2D eigenvalue weighted by Gasteiger charge is 2.14. The molecule has 0 unspecified atom stereocenters. The van der Waals surface area contributed by atoms with E-state index in [0.29, 0.717) is 0 Å². The topological polar surface area (TPSA) is 0 Å². The van der Waals surface area contributed by atoms with E-state index in [9.17, 15) is 0 Å². The molecule has 0 spiro atoms. The van der Waals surface area contributed by atoms with Gasteiger partial charge in [0, 0.05) is 0 Å². The molecule has 0 atom stereocenters. The number of rotatable bonds is 5. The van der Waals surface area contributed by atoms with Crippen LogP contribution in [0.25, 0.3) is 88.0 Å². The van der Waals surface area contributed by atoms with Crippen LogP contribution in [0.2, 0.25) is 0 Å². The molecule has 9 rings (SSSR count). The summed E-state index contributed by atoms with van der Waals surface area (Å²) in [7, 11) is 0. The van der Waals surface area contributed by atoms with Crippen LogP contribution in [0.5, 0.6) is 0 Å². The summed E-state index contributed by atoms with van der Waals surface area (Å²) in [5.41, 5.74) is 12.4. The Morgan fingerprint density at radius 1 is 0.188 bits per heavy atom. The highest BCUT2D eigenvalue weighted by molar-refractivity contribution is 6.12. The predicted octanol–water partition coefficient (Wildman–Crippen LogP) is 13.5. The Hall–Kier alpha value is -6.24. The van der Waals surface area contributed by atoms with Crippen molar-refractivity contribution in [3.05, 3.63) is 194 Å². The normalized spacial score (nSPS) is 11.3. The Balaban J connectivity index is 1.08. The number of benzene rings is 9. The zero-order chi connectivity index (χ0) is 31.9. The Morgan fingerprint density at radius 3 is 0.979 bits per heavy atom. The Labute approximate surface area is 281 Å². The lowest BCUT2D eigenvalue weighted by atomic mass is 9.88. The molecule has 0 saturated carbocycles. The third-order valence-corrected chi connectivity index (χ3v) is 9.70. The van der Waals surface area contributed by atoms with Crippen molar-refractivity contribution in [1.82, 2.24) is 0 Å². The molecule has 0 aliphatic carbocycles. The van der Waals surface area contributed by atoms with E-state index in [2.05, 4.69) is 194 Å². The molecule has 0 heterocycles. The van der Waals surface area contributed by atoms with E-state index < -0.39 is 0 Å². The SMILES string of the molecule is c1ccc(-c2ccc3cc(-c4ccc(-c5ccc(-c6ccc(-c7ccccc7)c7ccccc67)c6ccccc56)cc4)ccc3c2)cc1. The Morgan fingerprint density at radius 2 is 0.500 bits per heavy atom. The van der Waals surface area contributed by atoms with Crippen LogP contribution in [0.15, 0.2) is 194 Å². The second-order valence-electron chi connectivity index (χ2n) is 12.5. The van der Waals surface area contributed by atoms with Gasteiger partial charge in [-0.2, -0.15) is 0 Å². The molecule has 0 amide bonds. The molecular weight excluding hydrogens is 577 g/mol. The molecule has 0 fully saturated rings. The third-order valence-electron chi connectivity index (χ3n) is 9.70. The lowest BCUT2D eigenvalue weighted by Gasteiger charge is -2.16. The molecule has 0 N–H and O–H groups in total. The summed E-state index contributed by atoms with van der Waals surface area (Å²) in [6.07, 6.45) is 0. The molecule has 0 radical (unpaired) electrons. The van der Waals surface area contributed by atoms with Gasteiger partial charge in [0.2, 0.25) is 0 Å². The number of fused-ring (bicyclic) bond motifs is 3. The first-order valence-electron chi connectivity index (χ1n) is 16.6. The van der Waals surface area contributed by atoms with E-state index in [1.54, 1.807) is 0 Å². The standard InChI is InChI=1S/C48H32/c1-3-11-33(12-4-1)37-23-25-40-32-38(24-26-39(40)31-37)34-19-21-36(22-20-34)42-28-30-48(46-18-10-8-16-44(42)46)47-29-27-41(35-13-5-2-6-14-35)43-15-7-9-17-45(43)47/h1-32H. The summed E-state index contributed by atoms with van der Waals surface area (Å²) in [6.45, 7) is 0. The highest BCUT2D eigenvalue weighted by atomic mass is 14.2. The summed E-state index contributed by atoms with van der Waals surface area (Å²) < 4.78 is 0. The zero-order valence-electron chi connectivity index (χ0n) is 26.5. The molecule has 48 heavy (non-hydrogen) atoms. The van der Waals surface area contributed by atoms with Crippen LogP contribution in [0.3, 0.4) is 0 Å². The minimum absolute atomic E-state index is 1.22. The van der Waals surface area contributed by atoms with Gasteiger partial charge in [-0.15, -0.1) is 0 Å². The maximum absolute atomic E-state index is 2.31. The number of hydrogen-bond acceptors (Lipinski definition) is 0. The van der Waals surface area contributed by atoms with E-state index in [0.717, 1.165) is 0 Å². The number of hydrogen-bond donors (Lipinski definition) is 0. The lowest BCUT2D eigenvalue weighted by molar-refractivity contribution is 1.61. The average Bonchev–Trinajstić information content (AvgIpc) is 3.17. The molecule has 0 nitrogen and oxygen atoms in total. The van der Waals surface area contributed by atoms with E-state index in [4.69, 9.17) is 0 Å². The molecule has 0 heteroatoms. The van der Waals surface area contributed by atoms with Crippen molar-refractivity contribution in [2.45, 2.75) is 0 Å². The summed E-state index contributed by atoms with van der Waals surface area (Å²) in [5.74, 6) is 0. The fourth-order valence-corrected chi connectivity index (χ4v) is 7.27. The van der Waals surface area contributed by atoms with Gasteiger partial charge in [-0.3, -0.25) is 0 Å². The van der Waals surface area contributed by atoms with Crippen LogP contribution in [0.1, 0.15) is 0 Å². The smallest absolute Gasteiger partial charge is 0.00987 e. The monoisotopic (exact) mass is 608 g/mol. The van der Waals surface area contributed by atoms with Crippen molar-refractivity contribution in [3.63, 3.8) is 0 Å². The average molecular weight is 609 g/mol.